The molecule has 0 radical (unpaired) electrons. The molecule has 2 amide bonds. The number of nitriles is 1. The molecule has 0 unspecified atom stereocenters. The van der Waals surface area contributed by atoms with Crippen LogP contribution in [0.1, 0.15) is 15.9 Å². The first-order chi connectivity index (χ1) is 14.1. The Bertz CT molecular complexity index is 1090. The second-order valence-corrected chi connectivity index (χ2v) is 8.25. The van der Waals surface area contributed by atoms with Crippen LogP contribution in [0, 0.1) is 28.8 Å². The molecular weight excluding hydrogens is 423 g/mol. The van der Waals surface area contributed by atoms with E-state index in [9.17, 15) is 31.2 Å². The van der Waals surface area contributed by atoms with Gasteiger partial charge in [0.1, 0.15) is 18.4 Å². The van der Waals surface area contributed by atoms with E-state index in [1.807, 2.05) is 0 Å². The Morgan fingerprint density at radius 1 is 1.03 bits per heavy atom. The highest BCUT2D eigenvalue weighted by atomic mass is 32.2. The van der Waals surface area contributed by atoms with Gasteiger partial charge < -0.3 is 10.6 Å². The smallest absolute Gasteiger partial charge is 0.251 e. The lowest BCUT2D eigenvalue weighted by atomic mass is 10.2. The molecule has 0 aliphatic carbocycles. The van der Waals surface area contributed by atoms with Crippen LogP contribution < -0.4 is 10.6 Å². The summed E-state index contributed by atoms with van der Waals surface area (Å²) in [6.07, 6.45) is 0. The fourth-order valence-electron chi connectivity index (χ4n) is 2.50. The number of amides is 2. The predicted molar refractivity (Wildman–Crippen MR) is 100 cm³/mol. The molecule has 0 saturated carbocycles. The summed E-state index contributed by atoms with van der Waals surface area (Å²) in [6, 6.07) is 8.64. The fourth-order valence-corrected chi connectivity index (χ4v) is 4.06. The summed E-state index contributed by atoms with van der Waals surface area (Å²) in [5.41, 5.74) is -0.879. The van der Waals surface area contributed by atoms with Crippen molar-refractivity contribution >= 4 is 21.7 Å². The van der Waals surface area contributed by atoms with Crippen molar-refractivity contribution in [1.82, 2.24) is 10.6 Å². The molecule has 0 aliphatic rings. The zero-order valence-electron chi connectivity index (χ0n) is 15.4. The van der Waals surface area contributed by atoms with Gasteiger partial charge in [-0.3, -0.25) is 9.59 Å². The molecule has 30 heavy (non-hydrogen) atoms. The number of benzene rings is 2. The van der Waals surface area contributed by atoms with Gasteiger partial charge >= 0.3 is 0 Å². The molecule has 1 atom stereocenters. The third kappa shape index (κ3) is 6.05. The van der Waals surface area contributed by atoms with Crippen LogP contribution in [0.25, 0.3) is 0 Å². The Morgan fingerprint density at radius 3 is 2.30 bits per heavy atom. The van der Waals surface area contributed by atoms with Crippen molar-refractivity contribution in [2.24, 2.45) is 0 Å². The van der Waals surface area contributed by atoms with E-state index in [2.05, 4.69) is 10.6 Å². The van der Waals surface area contributed by atoms with E-state index in [4.69, 9.17) is 5.26 Å². The predicted octanol–water partition coefficient (Wildman–Crippen LogP) is 1.46. The fraction of sp³-hybridized carbons (Fsp3) is 0.211. The Labute approximate surface area is 170 Å². The second kappa shape index (κ2) is 9.89. The van der Waals surface area contributed by atoms with Crippen LogP contribution in [0.2, 0.25) is 0 Å². The first-order valence-corrected chi connectivity index (χ1v) is 10.3. The maximum Gasteiger partial charge on any atom is 0.251 e. The highest BCUT2D eigenvalue weighted by Crippen LogP contribution is 2.19. The monoisotopic (exact) mass is 439 g/mol. The molecule has 0 saturated heterocycles. The quantitative estimate of drug-likeness (QED) is 0.477. The lowest BCUT2D eigenvalue weighted by molar-refractivity contribution is -0.122. The van der Waals surface area contributed by atoms with Gasteiger partial charge in [-0.05, 0) is 24.3 Å². The number of hydrogen-bond acceptors (Lipinski definition) is 5. The number of sulfone groups is 1. The molecular formula is C19H16F3N3O4S. The van der Waals surface area contributed by atoms with E-state index in [1.54, 1.807) is 24.3 Å². The zero-order valence-corrected chi connectivity index (χ0v) is 16.2. The number of carbonyl (C=O) groups excluding carboxylic acids is 2. The van der Waals surface area contributed by atoms with Gasteiger partial charge in [0.2, 0.25) is 5.91 Å². The van der Waals surface area contributed by atoms with Crippen molar-refractivity contribution in [2.75, 3.05) is 12.3 Å². The number of carbonyl (C=O) groups is 2. The van der Waals surface area contributed by atoms with Crippen LogP contribution in [-0.4, -0.2) is 38.6 Å². The minimum absolute atomic E-state index is 0.134. The summed E-state index contributed by atoms with van der Waals surface area (Å²) < 4.78 is 65.9. The Kier molecular flexibility index (Phi) is 7.54. The van der Waals surface area contributed by atoms with Crippen LogP contribution >= 0.6 is 0 Å². The first-order valence-electron chi connectivity index (χ1n) is 8.48. The van der Waals surface area contributed by atoms with Crippen molar-refractivity contribution in [2.45, 2.75) is 11.8 Å². The SMILES string of the molecule is N#CCNC(=O)[C@H](CS(=O)(=O)Cc1c(F)ccc(F)c1F)NC(=O)c1ccccc1. The van der Waals surface area contributed by atoms with E-state index >= 15 is 0 Å². The van der Waals surface area contributed by atoms with Crippen molar-refractivity contribution in [3.05, 3.63) is 71.0 Å². The highest BCUT2D eigenvalue weighted by Gasteiger charge is 2.29. The molecule has 2 aromatic carbocycles. The average Bonchev–Trinajstić information content (AvgIpc) is 2.72. The molecule has 11 heteroatoms. The van der Waals surface area contributed by atoms with Crippen molar-refractivity contribution in [3.8, 4) is 6.07 Å². The summed E-state index contributed by atoms with van der Waals surface area (Å²) in [7, 11) is -4.40. The summed E-state index contributed by atoms with van der Waals surface area (Å²) in [5.74, 6) is -8.37. The van der Waals surface area contributed by atoms with Gasteiger partial charge in [-0.2, -0.15) is 5.26 Å². The molecule has 2 aromatic rings. The highest BCUT2D eigenvalue weighted by molar-refractivity contribution is 7.90. The largest absolute Gasteiger partial charge is 0.341 e. The van der Waals surface area contributed by atoms with Crippen molar-refractivity contribution in [1.29, 1.82) is 5.26 Å². The van der Waals surface area contributed by atoms with Crippen LogP contribution in [0.3, 0.4) is 0 Å². The normalized spacial score (nSPS) is 11.9. The van der Waals surface area contributed by atoms with Gasteiger partial charge in [-0.25, -0.2) is 21.6 Å². The Morgan fingerprint density at radius 2 is 1.67 bits per heavy atom. The molecule has 0 fully saturated rings. The summed E-state index contributed by atoms with van der Waals surface area (Å²) in [6.45, 7) is -0.455. The van der Waals surface area contributed by atoms with Crippen LogP contribution in [0.4, 0.5) is 13.2 Å². The molecule has 0 heterocycles. The molecule has 2 N–H and O–H groups in total. The molecule has 0 aromatic heterocycles. The van der Waals surface area contributed by atoms with Gasteiger partial charge in [-0.15, -0.1) is 0 Å². The molecule has 0 spiro atoms. The lowest BCUT2D eigenvalue weighted by Crippen LogP contribution is -2.50. The minimum atomic E-state index is -4.40. The van der Waals surface area contributed by atoms with Crippen LogP contribution in [-0.2, 0) is 20.4 Å². The van der Waals surface area contributed by atoms with E-state index in [0.717, 1.165) is 0 Å². The zero-order chi connectivity index (χ0) is 22.3. The maximum atomic E-state index is 13.8. The number of halogens is 3. The third-order valence-electron chi connectivity index (χ3n) is 3.92. The van der Waals surface area contributed by atoms with E-state index in [-0.39, 0.29) is 5.56 Å². The van der Waals surface area contributed by atoms with Gasteiger partial charge in [-0.1, -0.05) is 18.2 Å². The number of hydrogen-bond donors (Lipinski definition) is 2. The van der Waals surface area contributed by atoms with Gasteiger partial charge in [0.25, 0.3) is 5.91 Å². The van der Waals surface area contributed by atoms with Crippen molar-refractivity contribution in [3.63, 3.8) is 0 Å². The average molecular weight is 439 g/mol. The van der Waals surface area contributed by atoms with Crippen molar-refractivity contribution < 1.29 is 31.2 Å². The molecule has 0 bridgehead atoms. The third-order valence-corrected chi connectivity index (χ3v) is 5.49. The van der Waals surface area contributed by atoms with Crippen LogP contribution in [0.15, 0.2) is 42.5 Å². The second-order valence-electron chi connectivity index (χ2n) is 6.14. The van der Waals surface area contributed by atoms with Crippen LogP contribution in [0.5, 0.6) is 0 Å². The standard InChI is InChI=1S/C19H16F3N3O4S/c20-14-6-7-15(21)17(22)13(14)10-30(28,29)11-16(19(27)24-9-8-23)25-18(26)12-4-2-1-3-5-12/h1-7,16H,9-11H2,(H,24,27)(H,25,26)/t16-/m0/s1. The Hall–Kier alpha value is -3.39. The number of nitrogens with zero attached hydrogens (tertiary/aromatic N) is 1. The van der Waals surface area contributed by atoms with E-state index < -0.39 is 68.8 Å². The molecule has 7 nitrogen and oxygen atoms in total. The topological polar surface area (TPSA) is 116 Å². The van der Waals surface area contributed by atoms with E-state index in [1.165, 1.54) is 12.1 Å². The number of nitrogens with one attached hydrogen (secondary N) is 2. The molecule has 2 rings (SSSR count). The lowest BCUT2D eigenvalue weighted by Gasteiger charge is -2.18. The number of rotatable bonds is 8. The van der Waals surface area contributed by atoms with Gasteiger partial charge in [0.05, 0.1) is 17.6 Å². The van der Waals surface area contributed by atoms with Gasteiger partial charge in [0.15, 0.2) is 21.5 Å². The summed E-state index contributed by atoms with van der Waals surface area (Å²) >= 11 is 0. The summed E-state index contributed by atoms with van der Waals surface area (Å²) in [4.78, 5) is 24.5. The van der Waals surface area contributed by atoms with E-state index in [0.29, 0.717) is 12.1 Å². The Balaban J connectivity index is 2.26. The summed E-state index contributed by atoms with van der Waals surface area (Å²) in [5, 5.41) is 12.9. The molecule has 0 aliphatic heterocycles. The minimum Gasteiger partial charge on any atom is -0.341 e. The maximum absolute atomic E-state index is 13.8. The molecule has 158 valence electrons. The first kappa shape index (κ1) is 22.9. The van der Waals surface area contributed by atoms with Gasteiger partial charge in [0, 0.05) is 11.1 Å².